The first-order valence-electron chi connectivity index (χ1n) is 10.1. The highest BCUT2D eigenvalue weighted by Crippen LogP contribution is 2.28. The number of fused-ring (bicyclic) bond motifs is 1. The van der Waals surface area contributed by atoms with Gasteiger partial charge >= 0.3 is 5.97 Å². The van der Waals surface area contributed by atoms with Crippen LogP contribution in [0.25, 0.3) is 0 Å². The number of amidine groups is 1. The van der Waals surface area contributed by atoms with Crippen molar-refractivity contribution >= 4 is 39.1 Å². The number of aromatic nitrogens is 1. The Morgan fingerprint density at radius 2 is 2.06 bits per heavy atom. The Morgan fingerprint density at radius 3 is 2.74 bits per heavy atom. The van der Waals surface area contributed by atoms with E-state index in [-0.39, 0.29) is 18.4 Å². The van der Waals surface area contributed by atoms with Crippen LogP contribution in [0.1, 0.15) is 37.9 Å². The first kappa shape index (κ1) is 23.1. The highest BCUT2D eigenvalue weighted by Gasteiger charge is 2.27. The SMILES string of the molecule is COC(=O)CC[C@@H]1N=C(c2ccccn2)c2cc(Br)ccc2NC1=NCC(C)(C)OC. The molecule has 1 aliphatic rings. The van der Waals surface area contributed by atoms with E-state index in [0.29, 0.717) is 18.8 Å². The normalized spacial score (nSPS) is 17.4. The van der Waals surface area contributed by atoms with Crippen molar-refractivity contribution in [2.75, 3.05) is 26.1 Å². The molecule has 164 valence electrons. The summed E-state index contributed by atoms with van der Waals surface area (Å²) in [6.45, 7) is 4.40. The van der Waals surface area contributed by atoms with E-state index in [2.05, 4.69) is 26.2 Å². The number of carbonyl (C=O) groups is 1. The molecule has 7 nitrogen and oxygen atoms in total. The van der Waals surface area contributed by atoms with Crippen molar-refractivity contribution in [2.24, 2.45) is 9.98 Å². The van der Waals surface area contributed by atoms with Crippen molar-refractivity contribution in [2.45, 2.75) is 38.3 Å². The summed E-state index contributed by atoms with van der Waals surface area (Å²) in [6, 6.07) is 11.3. The van der Waals surface area contributed by atoms with Crippen LogP contribution in [0.5, 0.6) is 0 Å². The lowest BCUT2D eigenvalue weighted by molar-refractivity contribution is -0.140. The monoisotopic (exact) mass is 486 g/mol. The van der Waals surface area contributed by atoms with Gasteiger partial charge in [0, 0.05) is 35.5 Å². The number of anilines is 1. The molecular weight excluding hydrogens is 460 g/mol. The number of ether oxygens (including phenoxy) is 2. The Hall–Kier alpha value is -2.58. The van der Waals surface area contributed by atoms with E-state index >= 15 is 0 Å². The number of hydrogen-bond acceptors (Lipinski definition) is 6. The minimum Gasteiger partial charge on any atom is -0.469 e. The zero-order valence-electron chi connectivity index (χ0n) is 18.2. The molecule has 1 N–H and O–H groups in total. The van der Waals surface area contributed by atoms with Crippen LogP contribution in [0, 0.1) is 0 Å². The largest absolute Gasteiger partial charge is 0.469 e. The molecule has 0 unspecified atom stereocenters. The lowest BCUT2D eigenvalue weighted by Crippen LogP contribution is -2.32. The summed E-state index contributed by atoms with van der Waals surface area (Å²) < 4.78 is 11.3. The minimum absolute atomic E-state index is 0.231. The lowest BCUT2D eigenvalue weighted by atomic mass is 10.0. The number of benzene rings is 1. The maximum Gasteiger partial charge on any atom is 0.305 e. The first-order chi connectivity index (χ1) is 14.8. The first-order valence-corrected chi connectivity index (χ1v) is 10.8. The fourth-order valence-electron chi connectivity index (χ4n) is 3.08. The van der Waals surface area contributed by atoms with Crippen LogP contribution in [0.3, 0.4) is 0 Å². The van der Waals surface area contributed by atoms with Crippen LogP contribution in [0.4, 0.5) is 5.69 Å². The van der Waals surface area contributed by atoms with Gasteiger partial charge in [0.25, 0.3) is 0 Å². The number of methoxy groups -OCH3 is 2. The average molecular weight is 487 g/mol. The number of benzodiazepines with no additional fused rings is 1. The van der Waals surface area contributed by atoms with Crippen LogP contribution in [0.2, 0.25) is 0 Å². The highest BCUT2D eigenvalue weighted by atomic mass is 79.9. The smallest absolute Gasteiger partial charge is 0.305 e. The van der Waals surface area contributed by atoms with Gasteiger partial charge in [-0.05, 0) is 50.6 Å². The third kappa shape index (κ3) is 5.98. The number of halogens is 1. The number of nitrogens with zero attached hydrogens (tertiary/aromatic N) is 3. The number of hydrogen-bond donors (Lipinski definition) is 1. The Morgan fingerprint density at radius 1 is 1.26 bits per heavy atom. The molecule has 0 saturated carbocycles. The van der Waals surface area contributed by atoms with E-state index in [4.69, 9.17) is 19.5 Å². The molecule has 0 amide bonds. The molecule has 0 aliphatic carbocycles. The predicted octanol–water partition coefficient (Wildman–Crippen LogP) is 4.25. The zero-order chi connectivity index (χ0) is 22.4. The number of nitrogens with one attached hydrogen (secondary N) is 1. The Labute approximate surface area is 191 Å². The topological polar surface area (TPSA) is 85.2 Å². The quantitative estimate of drug-likeness (QED) is 0.591. The summed E-state index contributed by atoms with van der Waals surface area (Å²) in [5.74, 6) is 0.402. The molecule has 1 atom stereocenters. The Balaban J connectivity index is 2.11. The zero-order valence-corrected chi connectivity index (χ0v) is 19.8. The second-order valence-electron chi connectivity index (χ2n) is 7.80. The van der Waals surface area contributed by atoms with Crippen LogP contribution in [-0.2, 0) is 14.3 Å². The summed E-state index contributed by atoms with van der Waals surface area (Å²) in [7, 11) is 3.05. The third-order valence-electron chi connectivity index (χ3n) is 5.04. The van der Waals surface area contributed by atoms with E-state index < -0.39 is 5.60 Å². The third-order valence-corrected chi connectivity index (χ3v) is 5.53. The molecule has 2 heterocycles. The molecule has 31 heavy (non-hydrogen) atoms. The van der Waals surface area contributed by atoms with Gasteiger partial charge in [0.05, 0.1) is 30.7 Å². The number of esters is 1. The second-order valence-corrected chi connectivity index (χ2v) is 8.72. The van der Waals surface area contributed by atoms with Crippen LogP contribution in [-0.4, -0.2) is 54.9 Å². The summed E-state index contributed by atoms with van der Waals surface area (Å²) in [6.07, 6.45) is 2.43. The van der Waals surface area contributed by atoms with Crippen molar-refractivity contribution in [1.29, 1.82) is 0 Å². The van der Waals surface area contributed by atoms with Gasteiger partial charge in [-0.15, -0.1) is 0 Å². The van der Waals surface area contributed by atoms with Crippen molar-refractivity contribution in [3.05, 3.63) is 58.3 Å². The summed E-state index contributed by atoms with van der Waals surface area (Å²) in [4.78, 5) is 26.2. The fraction of sp³-hybridized carbons (Fsp3) is 0.391. The average Bonchev–Trinajstić information content (AvgIpc) is 2.93. The maximum absolute atomic E-state index is 11.9. The molecule has 0 saturated heterocycles. The number of pyridine rings is 1. The van der Waals surface area contributed by atoms with Crippen molar-refractivity contribution in [3.63, 3.8) is 0 Å². The molecule has 0 fully saturated rings. The standard InChI is InChI=1S/C23H27BrN4O3/c1-23(2,31-4)14-26-22-19(10-11-20(29)30-3)27-21(18-7-5-6-12-25-18)16-13-15(24)8-9-17(16)28-22/h5-9,12-13,19H,10-11,14H2,1-4H3,(H,26,28)/t19-/m0/s1. The van der Waals surface area contributed by atoms with E-state index in [9.17, 15) is 4.79 Å². The van der Waals surface area contributed by atoms with Crippen molar-refractivity contribution in [3.8, 4) is 0 Å². The van der Waals surface area contributed by atoms with Gasteiger partial charge in [0.15, 0.2) is 0 Å². The molecular formula is C23H27BrN4O3. The van der Waals surface area contributed by atoms with Gasteiger partial charge in [0.1, 0.15) is 11.9 Å². The highest BCUT2D eigenvalue weighted by molar-refractivity contribution is 9.10. The summed E-state index contributed by atoms with van der Waals surface area (Å²) in [5.41, 5.74) is 2.86. The summed E-state index contributed by atoms with van der Waals surface area (Å²) >= 11 is 3.56. The fourth-order valence-corrected chi connectivity index (χ4v) is 3.44. The van der Waals surface area contributed by atoms with Crippen molar-refractivity contribution < 1.29 is 14.3 Å². The number of rotatable bonds is 7. The van der Waals surface area contributed by atoms with Gasteiger partial charge in [-0.1, -0.05) is 22.0 Å². The molecule has 1 aromatic carbocycles. The molecule has 0 spiro atoms. The Kier molecular flexibility index (Phi) is 7.56. The van der Waals surface area contributed by atoms with Gasteiger partial charge in [0.2, 0.25) is 0 Å². The Bertz CT molecular complexity index is 990. The van der Waals surface area contributed by atoms with Gasteiger partial charge < -0.3 is 14.8 Å². The van der Waals surface area contributed by atoms with E-state index in [1.165, 1.54) is 7.11 Å². The summed E-state index contributed by atoms with van der Waals surface area (Å²) in [5, 5.41) is 3.45. The molecule has 3 rings (SSSR count). The van der Waals surface area contributed by atoms with Gasteiger partial charge in [-0.3, -0.25) is 19.8 Å². The molecule has 2 aromatic rings. The minimum atomic E-state index is -0.427. The molecule has 0 bridgehead atoms. The maximum atomic E-state index is 11.9. The van der Waals surface area contributed by atoms with Crippen LogP contribution in [0.15, 0.2) is 57.1 Å². The van der Waals surface area contributed by atoms with Crippen molar-refractivity contribution in [1.82, 2.24) is 4.98 Å². The number of carbonyl (C=O) groups excluding carboxylic acids is 1. The molecule has 1 aromatic heterocycles. The van der Waals surface area contributed by atoms with Gasteiger partial charge in [-0.25, -0.2) is 0 Å². The van der Waals surface area contributed by atoms with Crippen LogP contribution >= 0.6 is 15.9 Å². The molecule has 8 heteroatoms. The van der Waals surface area contributed by atoms with Crippen LogP contribution < -0.4 is 5.32 Å². The second kappa shape index (κ2) is 10.2. The van der Waals surface area contributed by atoms with Gasteiger partial charge in [-0.2, -0.15) is 0 Å². The predicted molar refractivity (Wildman–Crippen MR) is 126 cm³/mol. The van der Waals surface area contributed by atoms with E-state index in [0.717, 1.165) is 27.1 Å². The van der Waals surface area contributed by atoms with E-state index in [1.807, 2.05) is 50.2 Å². The molecule has 1 aliphatic heterocycles. The van der Waals surface area contributed by atoms with E-state index in [1.54, 1.807) is 13.3 Å². The number of aliphatic imine (C=N–C) groups is 2. The molecule has 0 radical (unpaired) electrons. The lowest BCUT2D eigenvalue weighted by Gasteiger charge is -2.22.